The number of hydrogen-bond donors (Lipinski definition) is 1. The average molecular weight is 392 g/mol. The van der Waals surface area contributed by atoms with Gasteiger partial charge in [0.05, 0.1) is 15.9 Å². The van der Waals surface area contributed by atoms with E-state index in [0.717, 1.165) is 13.1 Å². The van der Waals surface area contributed by atoms with Crippen molar-refractivity contribution in [1.82, 2.24) is 10.2 Å². The van der Waals surface area contributed by atoms with Gasteiger partial charge in [0, 0.05) is 23.1 Å². The maximum absolute atomic E-state index is 12.6. The van der Waals surface area contributed by atoms with Gasteiger partial charge in [0.2, 0.25) is 0 Å². The van der Waals surface area contributed by atoms with E-state index in [1.165, 1.54) is 35.5 Å². The molecule has 1 saturated heterocycles. The van der Waals surface area contributed by atoms with Crippen LogP contribution in [0, 0.1) is 10.1 Å². The van der Waals surface area contributed by atoms with Crippen LogP contribution >= 0.6 is 23.1 Å². The van der Waals surface area contributed by atoms with Crippen molar-refractivity contribution in [3.05, 3.63) is 56.3 Å². The molecule has 1 unspecified atom stereocenters. The van der Waals surface area contributed by atoms with Gasteiger partial charge in [-0.1, -0.05) is 6.07 Å². The zero-order chi connectivity index (χ0) is 18.5. The molecule has 1 amide bonds. The fourth-order valence-electron chi connectivity index (χ4n) is 3.21. The molecule has 1 atom stereocenters. The van der Waals surface area contributed by atoms with E-state index in [1.54, 1.807) is 29.7 Å². The van der Waals surface area contributed by atoms with Crippen molar-refractivity contribution in [3.8, 4) is 0 Å². The number of carbonyl (C=O) groups is 1. The van der Waals surface area contributed by atoms with E-state index in [0.29, 0.717) is 17.0 Å². The van der Waals surface area contributed by atoms with Gasteiger partial charge >= 0.3 is 0 Å². The van der Waals surface area contributed by atoms with Crippen LogP contribution in [0.5, 0.6) is 0 Å². The highest BCUT2D eigenvalue weighted by Crippen LogP contribution is 2.29. The van der Waals surface area contributed by atoms with Crippen LogP contribution in [0.1, 0.15) is 34.1 Å². The molecule has 0 saturated carbocycles. The Hall–Kier alpha value is -1.90. The highest BCUT2D eigenvalue weighted by molar-refractivity contribution is 7.98. The summed E-state index contributed by atoms with van der Waals surface area (Å²) < 4.78 is 0. The van der Waals surface area contributed by atoms with Crippen molar-refractivity contribution in [1.29, 1.82) is 0 Å². The minimum atomic E-state index is -0.443. The summed E-state index contributed by atoms with van der Waals surface area (Å²) in [7, 11) is 0. The van der Waals surface area contributed by atoms with E-state index in [4.69, 9.17) is 0 Å². The van der Waals surface area contributed by atoms with Gasteiger partial charge in [0.25, 0.3) is 11.6 Å². The lowest BCUT2D eigenvalue weighted by Crippen LogP contribution is -2.36. The van der Waals surface area contributed by atoms with Gasteiger partial charge < -0.3 is 5.32 Å². The SMILES string of the molecule is CSc1ccc(C(=O)NCC(c2cccs2)N2CCCC2)cc1[N+](=O)[O-]. The van der Waals surface area contributed by atoms with Crippen molar-refractivity contribution in [3.63, 3.8) is 0 Å². The minimum Gasteiger partial charge on any atom is -0.350 e. The average Bonchev–Trinajstić information content (AvgIpc) is 3.35. The van der Waals surface area contributed by atoms with Crippen molar-refractivity contribution in [2.75, 3.05) is 25.9 Å². The van der Waals surface area contributed by atoms with E-state index in [9.17, 15) is 14.9 Å². The number of nitro groups is 1. The molecule has 1 aromatic heterocycles. The van der Waals surface area contributed by atoms with E-state index >= 15 is 0 Å². The first-order valence-corrected chi connectivity index (χ1v) is 10.6. The molecule has 0 spiro atoms. The molecule has 0 bridgehead atoms. The maximum Gasteiger partial charge on any atom is 0.283 e. The Kier molecular flexibility index (Phi) is 6.29. The number of nitrogens with zero attached hydrogens (tertiary/aromatic N) is 2. The third-order valence-corrected chi connectivity index (χ3v) is 6.31. The lowest BCUT2D eigenvalue weighted by Gasteiger charge is -2.26. The third-order valence-electron chi connectivity index (χ3n) is 4.55. The summed E-state index contributed by atoms with van der Waals surface area (Å²) >= 11 is 2.99. The van der Waals surface area contributed by atoms with Crippen LogP contribution in [0.4, 0.5) is 5.69 Å². The van der Waals surface area contributed by atoms with Crippen LogP contribution in [-0.2, 0) is 0 Å². The molecule has 1 aliphatic rings. The van der Waals surface area contributed by atoms with Gasteiger partial charge in [-0.25, -0.2) is 0 Å². The molecule has 1 N–H and O–H groups in total. The summed E-state index contributed by atoms with van der Waals surface area (Å²) in [4.78, 5) is 27.5. The second-order valence-corrected chi connectivity index (χ2v) is 7.96. The van der Waals surface area contributed by atoms with Gasteiger partial charge in [-0.05, 0) is 55.8 Å². The maximum atomic E-state index is 12.6. The molecule has 1 fully saturated rings. The topological polar surface area (TPSA) is 75.5 Å². The predicted octanol–water partition coefficient (Wildman–Crippen LogP) is 3.95. The summed E-state index contributed by atoms with van der Waals surface area (Å²) in [6.07, 6.45) is 4.14. The second-order valence-electron chi connectivity index (χ2n) is 6.13. The Morgan fingerprint density at radius 1 is 1.38 bits per heavy atom. The first kappa shape index (κ1) is 18.9. The van der Waals surface area contributed by atoms with E-state index < -0.39 is 4.92 Å². The third kappa shape index (κ3) is 4.25. The van der Waals surface area contributed by atoms with Crippen LogP contribution in [-0.4, -0.2) is 41.6 Å². The van der Waals surface area contributed by atoms with Gasteiger partial charge in [-0.3, -0.25) is 19.8 Å². The number of nitro benzene ring substituents is 1. The molecule has 1 aromatic carbocycles. The minimum absolute atomic E-state index is 0.0282. The summed E-state index contributed by atoms with van der Waals surface area (Å²) in [5, 5.41) is 16.2. The number of carbonyl (C=O) groups excluding carboxylic acids is 1. The number of rotatable bonds is 7. The molecule has 138 valence electrons. The Morgan fingerprint density at radius 3 is 2.77 bits per heavy atom. The molecule has 1 aliphatic heterocycles. The Morgan fingerprint density at radius 2 is 2.15 bits per heavy atom. The number of amides is 1. The molecule has 2 heterocycles. The van der Waals surface area contributed by atoms with Crippen molar-refractivity contribution in [2.45, 2.75) is 23.8 Å². The second kappa shape index (κ2) is 8.66. The smallest absolute Gasteiger partial charge is 0.283 e. The number of benzene rings is 1. The molecule has 26 heavy (non-hydrogen) atoms. The molecular weight excluding hydrogens is 370 g/mol. The zero-order valence-corrected chi connectivity index (χ0v) is 16.1. The van der Waals surface area contributed by atoms with Gasteiger partial charge in [0.1, 0.15) is 0 Å². The van der Waals surface area contributed by atoms with Gasteiger partial charge in [-0.15, -0.1) is 23.1 Å². The molecular formula is C18H21N3O3S2. The molecule has 6 nitrogen and oxygen atoms in total. The van der Waals surface area contributed by atoms with Crippen molar-refractivity contribution >= 4 is 34.7 Å². The highest BCUT2D eigenvalue weighted by atomic mass is 32.2. The Balaban J connectivity index is 1.72. The van der Waals surface area contributed by atoms with Crippen LogP contribution in [0.3, 0.4) is 0 Å². The van der Waals surface area contributed by atoms with Crippen LogP contribution in [0.2, 0.25) is 0 Å². The lowest BCUT2D eigenvalue weighted by atomic mass is 10.1. The molecule has 0 radical (unpaired) electrons. The Bertz CT molecular complexity index is 774. The first-order chi connectivity index (χ1) is 12.6. The zero-order valence-electron chi connectivity index (χ0n) is 14.5. The normalized spacial score (nSPS) is 15.7. The largest absolute Gasteiger partial charge is 0.350 e. The summed E-state index contributed by atoms with van der Waals surface area (Å²) in [6, 6.07) is 8.91. The summed E-state index contributed by atoms with van der Waals surface area (Å²) in [6.45, 7) is 2.57. The Labute approximate surface area is 160 Å². The standard InChI is InChI=1S/C18H21N3O3S2/c1-25-16-7-6-13(11-14(16)21(23)24)18(22)19-12-15(17-5-4-10-26-17)20-8-2-3-9-20/h4-7,10-11,15H,2-3,8-9,12H2,1H3,(H,19,22). The molecule has 2 aromatic rings. The van der Waals surface area contributed by atoms with Crippen molar-refractivity contribution < 1.29 is 9.72 Å². The quantitative estimate of drug-likeness (QED) is 0.439. The van der Waals surface area contributed by atoms with E-state index in [1.807, 2.05) is 11.4 Å². The predicted molar refractivity (Wildman–Crippen MR) is 105 cm³/mol. The number of likely N-dealkylation sites (tertiary alicyclic amines) is 1. The number of nitrogens with one attached hydrogen (secondary N) is 1. The number of hydrogen-bond acceptors (Lipinski definition) is 6. The van der Waals surface area contributed by atoms with Crippen LogP contribution in [0.25, 0.3) is 0 Å². The molecule has 0 aliphatic carbocycles. The highest BCUT2D eigenvalue weighted by Gasteiger charge is 2.25. The monoisotopic (exact) mass is 391 g/mol. The van der Waals surface area contributed by atoms with Gasteiger partial charge in [-0.2, -0.15) is 0 Å². The summed E-state index contributed by atoms with van der Waals surface area (Å²) in [5.74, 6) is -0.276. The fourth-order valence-corrected chi connectivity index (χ4v) is 4.62. The lowest BCUT2D eigenvalue weighted by molar-refractivity contribution is -0.387. The van der Waals surface area contributed by atoms with E-state index in [-0.39, 0.29) is 17.6 Å². The van der Waals surface area contributed by atoms with Crippen LogP contribution in [0.15, 0.2) is 40.6 Å². The van der Waals surface area contributed by atoms with E-state index in [2.05, 4.69) is 16.3 Å². The van der Waals surface area contributed by atoms with Gasteiger partial charge in [0.15, 0.2) is 0 Å². The molecule has 8 heteroatoms. The fraction of sp³-hybridized carbons (Fsp3) is 0.389. The van der Waals surface area contributed by atoms with Crippen LogP contribution < -0.4 is 5.32 Å². The van der Waals surface area contributed by atoms with Crippen molar-refractivity contribution in [2.24, 2.45) is 0 Å². The molecule has 3 rings (SSSR count). The summed E-state index contributed by atoms with van der Waals surface area (Å²) in [5.41, 5.74) is 0.292. The first-order valence-electron chi connectivity index (χ1n) is 8.48. The number of thiophene rings is 1. The number of thioether (sulfide) groups is 1.